The van der Waals surface area contributed by atoms with E-state index >= 15 is 0 Å². The lowest BCUT2D eigenvalue weighted by Gasteiger charge is -2.19. The maximum atomic E-state index is 5.88. The first kappa shape index (κ1) is 10.6. The van der Waals surface area contributed by atoms with E-state index in [2.05, 4.69) is 5.16 Å². The van der Waals surface area contributed by atoms with Gasteiger partial charge < -0.3 is 15.0 Å². The number of ether oxygens (including phenoxy) is 1. The van der Waals surface area contributed by atoms with Crippen LogP contribution in [-0.4, -0.2) is 18.4 Å². The molecule has 2 rings (SSSR count). The Balaban J connectivity index is 2.05. The minimum atomic E-state index is -0.0221. The summed E-state index contributed by atoms with van der Waals surface area (Å²) in [6.45, 7) is 3.70. The highest BCUT2D eigenvalue weighted by Gasteiger charge is 2.20. The monoisotopic (exact) mass is 210 g/mol. The van der Waals surface area contributed by atoms with Crippen LogP contribution in [0, 0.1) is 0 Å². The van der Waals surface area contributed by atoms with Crippen LogP contribution < -0.4 is 5.73 Å². The van der Waals surface area contributed by atoms with Crippen LogP contribution in [0.1, 0.15) is 49.6 Å². The number of rotatable bonds is 3. The molecule has 1 aliphatic rings. The first-order chi connectivity index (χ1) is 7.31. The van der Waals surface area contributed by atoms with Gasteiger partial charge in [0.1, 0.15) is 0 Å². The minimum Gasteiger partial charge on any atom is -0.381 e. The highest BCUT2D eigenvalue weighted by atomic mass is 16.5. The average Bonchev–Trinajstić information content (AvgIpc) is 2.78. The van der Waals surface area contributed by atoms with Crippen molar-refractivity contribution in [1.29, 1.82) is 0 Å². The van der Waals surface area contributed by atoms with Crippen molar-refractivity contribution in [2.24, 2.45) is 5.73 Å². The summed E-state index contributed by atoms with van der Waals surface area (Å²) in [6.07, 6.45) is 2.95. The Morgan fingerprint density at radius 1 is 1.53 bits per heavy atom. The van der Waals surface area contributed by atoms with Crippen LogP contribution in [0.3, 0.4) is 0 Å². The van der Waals surface area contributed by atoms with Crippen LogP contribution in [0.5, 0.6) is 0 Å². The van der Waals surface area contributed by atoms with Crippen molar-refractivity contribution < 1.29 is 9.26 Å². The molecule has 84 valence electrons. The maximum Gasteiger partial charge on any atom is 0.153 e. The molecule has 0 aliphatic carbocycles. The molecule has 0 bridgehead atoms. The number of aromatic nitrogens is 1. The van der Waals surface area contributed by atoms with Crippen LogP contribution in [0.2, 0.25) is 0 Å². The maximum absolute atomic E-state index is 5.88. The molecule has 0 radical (unpaired) electrons. The fraction of sp³-hybridized carbons (Fsp3) is 0.727. The molecule has 2 heterocycles. The van der Waals surface area contributed by atoms with E-state index in [1.54, 1.807) is 0 Å². The molecule has 0 saturated carbocycles. The van der Waals surface area contributed by atoms with Gasteiger partial charge >= 0.3 is 0 Å². The SMILES string of the molecule is CCC(N)c1cc(C2CCOCC2)no1. The summed E-state index contributed by atoms with van der Waals surface area (Å²) in [5.41, 5.74) is 6.92. The van der Waals surface area contributed by atoms with Crippen molar-refractivity contribution >= 4 is 0 Å². The molecule has 1 fully saturated rings. The molecular formula is C11H18N2O2. The molecule has 0 spiro atoms. The molecule has 4 heteroatoms. The smallest absolute Gasteiger partial charge is 0.153 e. The quantitative estimate of drug-likeness (QED) is 0.828. The van der Waals surface area contributed by atoms with Crippen LogP contribution in [0.25, 0.3) is 0 Å². The van der Waals surface area contributed by atoms with Gasteiger partial charge in [-0.1, -0.05) is 12.1 Å². The van der Waals surface area contributed by atoms with E-state index in [1.807, 2.05) is 13.0 Å². The van der Waals surface area contributed by atoms with Gasteiger partial charge in [-0.05, 0) is 19.3 Å². The van der Waals surface area contributed by atoms with E-state index in [4.69, 9.17) is 15.0 Å². The Labute approximate surface area is 89.8 Å². The van der Waals surface area contributed by atoms with Gasteiger partial charge in [-0.2, -0.15) is 0 Å². The zero-order valence-corrected chi connectivity index (χ0v) is 9.11. The normalized spacial score (nSPS) is 20.4. The molecule has 1 unspecified atom stereocenters. The summed E-state index contributed by atoms with van der Waals surface area (Å²) in [4.78, 5) is 0. The molecule has 0 aromatic carbocycles. The number of hydrogen-bond donors (Lipinski definition) is 1. The molecule has 15 heavy (non-hydrogen) atoms. The van der Waals surface area contributed by atoms with Gasteiger partial charge in [-0.25, -0.2) is 0 Å². The number of nitrogens with two attached hydrogens (primary N) is 1. The molecule has 0 amide bonds. The molecule has 2 N–H and O–H groups in total. The Morgan fingerprint density at radius 3 is 2.93 bits per heavy atom. The first-order valence-corrected chi connectivity index (χ1v) is 5.61. The van der Waals surface area contributed by atoms with Gasteiger partial charge in [-0.15, -0.1) is 0 Å². The third-order valence-electron chi connectivity index (χ3n) is 2.99. The predicted octanol–water partition coefficient (Wildman–Crippen LogP) is 1.98. The second kappa shape index (κ2) is 4.77. The number of nitrogens with zero attached hydrogens (tertiary/aromatic N) is 1. The van der Waals surface area contributed by atoms with Gasteiger partial charge in [0.25, 0.3) is 0 Å². The van der Waals surface area contributed by atoms with E-state index in [9.17, 15) is 0 Å². The summed E-state index contributed by atoms with van der Waals surface area (Å²) >= 11 is 0. The first-order valence-electron chi connectivity index (χ1n) is 5.61. The summed E-state index contributed by atoms with van der Waals surface area (Å²) in [6, 6.07) is 1.98. The van der Waals surface area contributed by atoms with E-state index < -0.39 is 0 Å². The summed E-state index contributed by atoms with van der Waals surface area (Å²) in [7, 11) is 0. The van der Waals surface area contributed by atoms with Crippen LogP contribution in [-0.2, 0) is 4.74 Å². The second-order valence-corrected chi connectivity index (χ2v) is 4.06. The zero-order valence-electron chi connectivity index (χ0n) is 9.11. The highest BCUT2D eigenvalue weighted by Crippen LogP contribution is 2.27. The van der Waals surface area contributed by atoms with Crippen molar-refractivity contribution in [1.82, 2.24) is 5.16 Å². The van der Waals surface area contributed by atoms with Crippen molar-refractivity contribution in [3.05, 3.63) is 17.5 Å². The lowest BCUT2D eigenvalue weighted by Crippen LogP contribution is -2.14. The molecule has 4 nitrogen and oxygen atoms in total. The van der Waals surface area contributed by atoms with Gasteiger partial charge in [-0.3, -0.25) is 0 Å². The fourth-order valence-corrected chi connectivity index (χ4v) is 1.87. The van der Waals surface area contributed by atoms with Crippen molar-refractivity contribution in [3.63, 3.8) is 0 Å². The predicted molar refractivity (Wildman–Crippen MR) is 56.5 cm³/mol. The fourth-order valence-electron chi connectivity index (χ4n) is 1.87. The Hall–Kier alpha value is -0.870. The van der Waals surface area contributed by atoms with Crippen molar-refractivity contribution in [2.75, 3.05) is 13.2 Å². The topological polar surface area (TPSA) is 61.3 Å². The Bertz CT molecular complexity index is 305. The van der Waals surface area contributed by atoms with Crippen molar-refractivity contribution in [2.45, 2.75) is 38.1 Å². The molecule has 1 saturated heterocycles. The molecule has 1 aliphatic heterocycles. The van der Waals surface area contributed by atoms with Gasteiger partial charge in [0.15, 0.2) is 5.76 Å². The van der Waals surface area contributed by atoms with Gasteiger partial charge in [0.2, 0.25) is 0 Å². The lowest BCUT2D eigenvalue weighted by molar-refractivity contribution is 0.0838. The molecule has 1 atom stereocenters. The lowest BCUT2D eigenvalue weighted by atomic mass is 9.96. The Morgan fingerprint density at radius 2 is 2.27 bits per heavy atom. The summed E-state index contributed by atoms with van der Waals surface area (Å²) < 4.78 is 10.6. The Kier molecular flexibility index (Phi) is 3.38. The summed E-state index contributed by atoms with van der Waals surface area (Å²) in [5, 5.41) is 4.10. The summed E-state index contributed by atoms with van der Waals surface area (Å²) in [5.74, 6) is 1.29. The van der Waals surface area contributed by atoms with E-state index in [-0.39, 0.29) is 6.04 Å². The average molecular weight is 210 g/mol. The second-order valence-electron chi connectivity index (χ2n) is 4.06. The van der Waals surface area contributed by atoms with Crippen LogP contribution in [0.4, 0.5) is 0 Å². The highest BCUT2D eigenvalue weighted by molar-refractivity contribution is 5.13. The molecule has 1 aromatic heterocycles. The standard InChI is InChI=1S/C11H18N2O2/c1-2-9(12)11-7-10(13-15-11)8-3-5-14-6-4-8/h7-9H,2-6,12H2,1H3. The third-order valence-corrected chi connectivity index (χ3v) is 2.99. The minimum absolute atomic E-state index is 0.0221. The molecular weight excluding hydrogens is 192 g/mol. The van der Waals surface area contributed by atoms with Crippen molar-refractivity contribution in [3.8, 4) is 0 Å². The largest absolute Gasteiger partial charge is 0.381 e. The van der Waals surface area contributed by atoms with Crippen LogP contribution in [0.15, 0.2) is 10.6 Å². The van der Waals surface area contributed by atoms with E-state index in [0.29, 0.717) is 5.92 Å². The third kappa shape index (κ3) is 2.38. The zero-order chi connectivity index (χ0) is 10.7. The van der Waals surface area contributed by atoms with Gasteiger partial charge in [0, 0.05) is 25.2 Å². The van der Waals surface area contributed by atoms with Crippen LogP contribution >= 0.6 is 0 Å². The van der Waals surface area contributed by atoms with E-state index in [0.717, 1.165) is 43.9 Å². The van der Waals surface area contributed by atoms with E-state index in [1.165, 1.54) is 0 Å². The molecule has 1 aromatic rings. The van der Waals surface area contributed by atoms with Gasteiger partial charge in [0.05, 0.1) is 11.7 Å². The number of hydrogen-bond acceptors (Lipinski definition) is 4.